The molecule has 12 heavy (non-hydrogen) atoms. The highest BCUT2D eigenvalue weighted by Crippen LogP contribution is 2.19. The summed E-state index contributed by atoms with van der Waals surface area (Å²) in [6.07, 6.45) is 1.53. The van der Waals surface area contributed by atoms with Gasteiger partial charge in [-0.15, -0.1) is 11.6 Å². The van der Waals surface area contributed by atoms with Crippen molar-refractivity contribution in [2.24, 2.45) is 0 Å². The molecule has 0 amide bonds. The van der Waals surface area contributed by atoms with Gasteiger partial charge >= 0.3 is 0 Å². The maximum Gasteiger partial charge on any atom is 0.0693 e. The standard InChI is InChI=1S/C9H20ClNO/c1-4-9(5-2,8(3)12)11-7-6-10/h8,11-12H,4-7H2,1-3H3. The molecule has 0 aromatic carbocycles. The van der Waals surface area contributed by atoms with E-state index in [0.717, 1.165) is 19.4 Å². The maximum absolute atomic E-state index is 9.58. The molecule has 3 heteroatoms. The summed E-state index contributed by atoms with van der Waals surface area (Å²) in [5.74, 6) is 0.592. The molecule has 2 nitrogen and oxygen atoms in total. The van der Waals surface area contributed by atoms with Gasteiger partial charge in [0.25, 0.3) is 0 Å². The zero-order valence-electron chi connectivity index (χ0n) is 8.23. The summed E-state index contributed by atoms with van der Waals surface area (Å²) in [5, 5.41) is 12.9. The first-order valence-corrected chi connectivity index (χ1v) is 5.15. The number of hydrogen-bond acceptors (Lipinski definition) is 2. The fourth-order valence-electron chi connectivity index (χ4n) is 1.53. The van der Waals surface area contributed by atoms with Crippen LogP contribution in [0.3, 0.4) is 0 Å². The Kier molecular flexibility index (Phi) is 5.89. The van der Waals surface area contributed by atoms with Gasteiger partial charge in [-0.05, 0) is 19.8 Å². The van der Waals surface area contributed by atoms with E-state index in [1.165, 1.54) is 0 Å². The SMILES string of the molecule is CCC(CC)(NCCCl)C(C)O. The largest absolute Gasteiger partial charge is 0.391 e. The van der Waals surface area contributed by atoms with E-state index in [2.05, 4.69) is 19.2 Å². The smallest absolute Gasteiger partial charge is 0.0693 e. The van der Waals surface area contributed by atoms with Crippen molar-refractivity contribution in [3.05, 3.63) is 0 Å². The number of aliphatic hydroxyl groups is 1. The summed E-state index contributed by atoms with van der Waals surface area (Å²) in [5.41, 5.74) is -0.144. The number of rotatable bonds is 6. The summed E-state index contributed by atoms with van der Waals surface area (Å²) >= 11 is 5.58. The van der Waals surface area contributed by atoms with Crippen LogP contribution in [-0.2, 0) is 0 Å². The molecule has 0 aromatic rings. The second-order valence-corrected chi connectivity index (χ2v) is 3.53. The summed E-state index contributed by atoms with van der Waals surface area (Å²) in [4.78, 5) is 0. The number of aliphatic hydroxyl groups excluding tert-OH is 1. The van der Waals surface area contributed by atoms with Crippen LogP contribution in [0, 0.1) is 0 Å². The van der Waals surface area contributed by atoms with Crippen molar-refractivity contribution in [1.82, 2.24) is 5.32 Å². The van der Waals surface area contributed by atoms with Gasteiger partial charge in [-0.2, -0.15) is 0 Å². The van der Waals surface area contributed by atoms with Crippen LogP contribution in [0.25, 0.3) is 0 Å². The number of halogens is 1. The van der Waals surface area contributed by atoms with Crippen molar-refractivity contribution < 1.29 is 5.11 Å². The molecule has 0 rings (SSSR count). The molecular weight excluding hydrogens is 174 g/mol. The average molecular weight is 194 g/mol. The van der Waals surface area contributed by atoms with Gasteiger partial charge in [0.2, 0.25) is 0 Å². The van der Waals surface area contributed by atoms with E-state index in [4.69, 9.17) is 11.6 Å². The quantitative estimate of drug-likeness (QED) is 0.631. The molecule has 0 aliphatic rings. The molecule has 0 aliphatic heterocycles. The first-order chi connectivity index (χ1) is 5.63. The minimum Gasteiger partial charge on any atom is -0.391 e. The lowest BCUT2D eigenvalue weighted by Crippen LogP contribution is -2.53. The van der Waals surface area contributed by atoms with Gasteiger partial charge in [0.15, 0.2) is 0 Å². The van der Waals surface area contributed by atoms with Gasteiger partial charge in [-0.1, -0.05) is 13.8 Å². The van der Waals surface area contributed by atoms with Gasteiger partial charge in [0.05, 0.1) is 6.10 Å². The first-order valence-electron chi connectivity index (χ1n) is 4.62. The molecule has 0 bridgehead atoms. The third kappa shape index (κ3) is 2.92. The Morgan fingerprint density at radius 3 is 2.17 bits per heavy atom. The van der Waals surface area contributed by atoms with E-state index in [9.17, 15) is 5.11 Å². The molecule has 1 unspecified atom stereocenters. The highest BCUT2D eigenvalue weighted by Gasteiger charge is 2.30. The highest BCUT2D eigenvalue weighted by molar-refractivity contribution is 6.18. The van der Waals surface area contributed by atoms with E-state index in [0.29, 0.717) is 5.88 Å². The van der Waals surface area contributed by atoms with Crippen molar-refractivity contribution in [2.45, 2.75) is 45.3 Å². The predicted molar refractivity (Wildman–Crippen MR) is 53.7 cm³/mol. The van der Waals surface area contributed by atoms with Gasteiger partial charge in [0.1, 0.15) is 0 Å². The van der Waals surface area contributed by atoms with Crippen LogP contribution in [0.5, 0.6) is 0 Å². The van der Waals surface area contributed by atoms with Gasteiger partial charge in [-0.3, -0.25) is 0 Å². The molecule has 0 aromatic heterocycles. The van der Waals surface area contributed by atoms with Crippen LogP contribution in [0.2, 0.25) is 0 Å². The number of alkyl halides is 1. The monoisotopic (exact) mass is 193 g/mol. The lowest BCUT2D eigenvalue weighted by Gasteiger charge is -2.35. The lowest BCUT2D eigenvalue weighted by molar-refractivity contribution is 0.0688. The van der Waals surface area contributed by atoms with Crippen molar-refractivity contribution in [1.29, 1.82) is 0 Å². The maximum atomic E-state index is 9.58. The van der Waals surface area contributed by atoms with Crippen LogP contribution >= 0.6 is 11.6 Å². The highest BCUT2D eigenvalue weighted by atomic mass is 35.5. The van der Waals surface area contributed by atoms with Crippen LogP contribution in [0.15, 0.2) is 0 Å². The first kappa shape index (κ1) is 12.2. The number of nitrogens with one attached hydrogen (secondary N) is 1. The fraction of sp³-hybridized carbons (Fsp3) is 1.00. The Bertz CT molecular complexity index is 113. The second-order valence-electron chi connectivity index (χ2n) is 3.15. The zero-order valence-corrected chi connectivity index (χ0v) is 8.99. The molecule has 0 spiro atoms. The Hall–Kier alpha value is 0.210. The Morgan fingerprint density at radius 2 is 1.92 bits per heavy atom. The molecule has 0 heterocycles. The van der Waals surface area contributed by atoms with Crippen molar-refractivity contribution in [3.63, 3.8) is 0 Å². The third-order valence-corrected chi connectivity index (χ3v) is 2.82. The third-order valence-electron chi connectivity index (χ3n) is 2.63. The summed E-state index contributed by atoms with van der Waals surface area (Å²) in [6, 6.07) is 0. The molecular formula is C9H20ClNO. The minimum absolute atomic E-state index is 0.144. The summed E-state index contributed by atoms with van der Waals surface area (Å²) in [6.45, 7) is 6.75. The molecule has 0 fully saturated rings. The van der Waals surface area contributed by atoms with E-state index in [1.54, 1.807) is 0 Å². The van der Waals surface area contributed by atoms with Crippen molar-refractivity contribution >= 4 is 11.6 Å². The second kappa shape index (κ2) is 5.79. The predicted octanol–water partition coefficient (Wildman–Crippen LogP) is 1.75. The van der Waals surface area contributed by atoms with Crippen LogP contribution in [0.4, 0.5) is 0 Å². The zero-order chi connectivity index (χ0) is 9.61. The molecule has 74 valence electrons. The summed E-state index contributed by atoms with van der Waals surface area (Å²) < 4.78 is 0. The lowest BCUT2D eigenvalue weighted by atomic mass is 9.87. The Labute approximate surface area is 80.3 Å². The molecule has 0 saturated heterocycles. The molecule has 0 saturated carbocycles. The molecule has 0 radical (unpaired) electrons. The van der Waals surface area contributed by atoms with Gasteiger partial charge in [-0.25, -0.2) is 0 Å². The van der Waals surface area contributed by atoms with Crippen LogP contribution in [0.1, 0.15) is 33.6 Å². The Balaban J connectivity index is 4.15. The van der Waals surface area contributed by atoms with E-state index >= 15 is 0 Å². The number of hydrogen-bond donors (Lipinski definition) is 2. The summed E-state index contributed by atoms with van der Waals surface area (Å²) in [7, 11) is 0. The fourth-order valence-corrected chi connectivity index (χ4v) is 1.63. The topological polar surface area (TPSA) is 32.3 Å². The van der Waals surface area contributed by atoms with Crippen molar-refractivity contribution in [3.8, 4) is 0 Å². The molecule has 2 N–H and O–H groups in total. The van der Waals surface area contributed by atoms with E-state index < -0.39 is 0 Å². The van der Waals surface area contributed by atoms with Gasteiger partial charge in [0, 0.05) is 18.0 Å². The van der Waals surface area contributed by atoms with Gasteiger partial charge < -0.3 is 10.4 Å². The average Bonchev–Trinajstić information content (AvgIpc) is 2.07. The van der Waals surface area contributed by atoms with E-state index in [-0.39, 0.29) is 11.6 Å². The van der Waals surface area contributed by atoms with E-state index in [1.807, 2.05) is 6.92 Å². The molecule has 1 atom stereocenters. The normalized spacial score (nSPS) is 14.8. The minimum atomic E-state index is -0.323. The van der Waals surface area contributed by atoms with Crippen molar-refractivity contribution in [2.75, 3.05) is 12.4 Å². The Morgan fingerprint density at radius 1 is 1.42 bits per heavy atom. The van der Waals surface area contributed by atoms with Crippen LogP contribution < -0.4 is 5.32 Å². The van der Waals surface area contributed by atoms with Crippen LogP contribution in [-0.4, -0.2) is 29.2 Å². The molecule has 0 aliphatic carbocycles.